The molecule has 0 aromatic rings. The first kappa shape index (κ1) is 5.40. The average molecular weight is 134 g/mol. The third-order valence-corrected chi connectivity index (χ3v) is 3.60. The van der Waals surface area contributed by atoms with E-state index in [2.05, 4.69) is 6.08 Å². The van der Waals surface area contributed by atoms with Gasteiger partial charge in [0.05, 0.1) is 0 Å². The van der Waals surface area contributed by atoms with Crippen LogP contribution in [-0.4, -0.2) is 0 Å². The molecule has 3 unspecified atom stereocenters. The van der Waals surface area contributed by atoms with E-state index >= 15 is 0 Å². The smallest absolute Gasteiger partial charge is 0.0169 e. The van der Waals surface area contributed by atoms with Gasteiger partial charge in [-0.1, -0.05) is 11.6 Å². The first-order valence-corrected chi connectivity index (χ1v) is 4.64. The molecule has 0 amide bonds. The van der Waals surface area contributed by atoms with E-state index in [-0.39, 0.29) is 0 Å². The minimum absolute atomic E-state index is 1.08. The van der Waals surface area contributed by atoms with Crippen LogP contribution in [0, 0.1) is 17.8 Å². The van der Waals surface area contributed by atoms with Crippen molar-refractivity contribution in [2.75, 3.05) is 0 Å². The lowest BCUT2D eigenvalue weighted by Gasteiger charge is -2.26. The van der Waals surface area contributed by atoms with Crippen LogP contribution < -0.4 is 0 Å². The molecule has 3 atom stereocenters. The Morgan fingerprint density at radius 3 is 2.80 bits per heavy atom. The fraction of sp³-hybridized carbons (Fsp3) is 0.800. The molecule has 0 heteroatoms. The van der Waals surface area contributed by atoms with Gasteiger partial charge >= 0.3 is 0 Å². The lowest BCUT2D eigenvalue weighted by Crippen LogP contribution is -2.16. The van der Waals surface area contributed by atoms with Crippen molar-refractivity contribution in [3.8, 4) is 0 Å². The molecule has 0 N–H and O–H groups in total. The van der Waals surface area contributed by atoms with Gasteiger partial charge in [-0.3, -0.25) is 0 Å². The van der Waals surface area contributed by atoms with Crippen molar-refractivity contribution in [2.45, 2.75) is 32.1 Å². The van der Waals surface area contributed by atoms with Gasteiger partial charge in [-0.15, -0.1) is 0 Å². The van der Waals surface area contributed by atoms with Crippen LogP contribution >= 0.6 is 0 Å². The second-order valence-electron chi connectivity index (χ2n) is 4.17. The maximum atomic E-state index is 2.51. The lowest BCUT2D eigenvalue weighted by molar-refractivity contribution is 0.333. The summed E-state index contributed by atoms with van der Waals surface area (Å²) in [5.41, 5.74) is 1.83. The van der Waals surface area contributed by atoms with Crippen LogP contribution in [0.4, 0.5) is 0 Å². The molecule has 3 aliphatic rings. The molecule has 2 fully saturated rings. The predicted octanol–water partition coefficient (Wildman–Crippen LogP) is 2.75. The zero-order valence-corrected chi connectivity index (χ0v) is 6.34. The number of fused-ring (bicyclic) bond motifs is 1. The zero-order valence-electron chi connectivity index (χ0n) is 6.34. The first-order chi connectivity index (χ1) is 4.95. The van der Waals surface area contributed by atoms with E-state index in [1.54, 1.807) is 12.8 Å². The van der Waals surface area contributed by atoms with Crippen LogP contribution in [0.15, 0.2) is 11.6 Å². The van der Waals surface area contributed by atoms with Crippen molar-refractivity contribution in [3.63, 3.8) is 0 Å². The van der Waals surface area contributed by atoms with E-state index in [4.69, 9.17) is 0 Å². The van der Waals surface area contributed by atoms with Gasteiger partial charge in [0, 0.05) is 0 Å². The van der Waals surface area contributed by atoms with E-state index in [0.29, 0.717) is 0 Å². The van der Waals surface area contributed by atoms with Crippen LogP contribution in [0.25, 0.3) is 0 Å². The Hall–Kier alpha value is -0.260. The van der Waals surface area contributed by atoms with Gasteiger partial charge in [-0.05, 0) is 49.9 Å². The summed E-state index contributed by atoms with van der Waals surface area (Å²) in [5.74, 6) is 3.43. The van der Waals surface area contributed by atoms with Crippen molar-refractivity contribution in [1.82, 2.24) is 0 Å². The van der Waals surface area contributed by atoms with Crippen molar-refractivity contribution >= 4 is 0 Å². The molecule has 0 radical (unpaired) electrons. The largest absolute Gasteiger partial charge is 0.0850 e. The molecular weight excluding hydrogens is 120 g/mol. The summed E-state index contributed by atoms with van der Waals surface area (Å²) in [6, 6.07) is 0. The van der Waals surface area contributed by atoms with Gasteiger partial charge in [0.25, 0.3) is 0 Å². The van der Waals surface area contributed by atoms with Gasteiger partial charge in [0.2, 0.25) is 0 Å². The molecule has 10 heavy (non-hydrogen) atoms. The molecule has 3 aliphatic carbocycles. The van der Waals surface area contributed by atoms with E-state index in [1.807, 2.05) is 5.57 Å². The highest BCUT2D eigenvalue weighted by atomic mass is 14.6. The molecule has 0 nitrogen and oxygen atoms in total. The van der Waals surface area contributed by atoms with Crippen molar-refractivity contribution in [1.29, 1.82) is 0 Å². The Bertz CT molecular complexity index is 190. The van der Waals surface area contributed by atoms with E-state index in [1.165, 1.54) is 31.1 Å². The molecule has 0 aromatic carbocycles. The first-order valence-electron chi connectivity index (χ1n) is 4.64. The number of hydrogen-bond acceptors (Lipinski definition) is 0. The summed E-state index contributed by atoms with van der Waals surface area (Å²) in [4.78, 5) is 0. The van der Waals surface area contributed by atoms with Gasteiger partial charge in [-0.25, -0.2) is 0 Å². The molecule has 0 heterocycles. The number of rotatable bonds is 1. The summed E-state index contributed by atoms with van der Waals surface area (Å²) in [6.07, 6.45) is 9.90. The monoisotopic (exact) mass is 134 g/mol. The fourth-order valence-electron chi connectivity index (χ4n) is 2.80. The topological polar surface area (TPSA) is 0 Å². The van der Waals surface area contributed by atoms with Gasteiger partial charge in [0.1, 0.15) is 0 Å². The molecule has 0 bridgehead atoms. The highest BCUT2D eigenvalue weighted by molar-refractivity contribution is 5.21. The summed E-state index contributed by atoms with van der Waals surface area (Å²) in [7, 11) is 0. The Morgan fingerprint density at radius 1 is 1.30 bits per heavy atom. The molecule has 0 aliphatic heterocycles. The van der Waals surface area contributed by atoms with Crippen molar-refractivity contribution < 1.29 is 0 Å². The lowest BCUT2D eigenvalue weighted by atomic mass is 9.79. The maximum Gasteiger partial charge on any atom is -0.0169 e. The van der Waals surface area contributed by atoms with E-state index in [9.17, 15) is 0 Å². The highest BCUT2D eigenvalue weighted by Crippen LogP contribution is 2.63. The summed E-state index contributed by atoms with van der Waals surface area (Å²) >= 11 is 0. The average Bonchev–Trinajstić information content (AvgIpc) is 2.42. The Balaban J connectivity index is 1.75. The molecular formula is C10H14. The molecule has 0 aromatic heterocycles. The van der Waals surface area contributed by atoms with Crippen LogP contribution in [0.1, 0.15) is 32.1 Å². The summed E-state index contributed by atoms with van der Waals surface area (Å²) < 4.78 is 0. The van der Waals surface area contributed by atoms with Crippen LogP contribution in [0.2, 0.25) is 0 Å². The van der Waals surface area contributed by atoms with Gasteiger partial charge in [0.15, 0.2) is 0 Å². The molecule has 0 saturated heterocycles. The van der Waals surface area contributed by atoms with Crippen LogP contribution in [0.3, 0.4) is 0 Å². The Morgan fingerprint density at radius 2 is 2.30 bits per heavy atom. The van der Waals surface area contributed by atoms with Crippen molar-refractivity contribution in [3.05, 3.63) is 11.6 Å². The van der Waals surface area contributed by atoms with Crippen LogP contribution in [-0.2, 0) is 0 Å². The quantitative estimate of drug-likeness (QED) is 0.484. The zero-order chi connectivity index (χ0) is 6.55. The normalized spacial score (nSPS) is 49.6. The fourth-order valence-corrected chi connectivity index (χ4v) is 2.80. The molecule has 2 saturated carbocycles. The molecule has 3 rings (SSSR count). The minimum atomic E-state index is 1.08. The Kier molecular flexibility index (Phi) is 0.898. The molecule has 0 spiro atoms. The van der Waals surface area contributed by atoms with Crippen LogP contribution in [0.5, 0.6) is 0 Å². The van der Waals surface area contributed by atoms with E-state index in [0.717, 1.165) is 5.92 Å². The minimum Gasteiger partial charge on any atom is -0.0850 e. The molecule has 54 valence electrons. The second kappa shape index (κ2) is 1.66. The predicted molar refractivity (Wildman–Crippen MR) is 41.6 cm³/mol. The number of hydrogen-bond donors (Lipinski definition) is 0. The SMILES string of the molecule is C1=C(C2CC3CC32)CCC1. The van der Waals surface area contributed by atoms with E-state index < -0.39 is 0 Å². The number of allylic oxidation sites excluding steroid dienone is 2. The highest BCUT2D eigenvalue weighted by Gasteiger charge is 2.54. The third kappa shape index (κ3) is 0.574. The van der Waals surface area contributed by atoms with Gasteiger partial charge < -0.3 is 0 Å². The standard InChI is InChI=1S/C10H14/c1-2-4-7(3-1)9-5-8-6-10(8)9/h3,8-10H,1-2,4-6H2. The second-order valence-corrected chi connectivity index (χ2v) is 4.17. The van der Waals surface area contributed by atoms with Gasteiger partial charge in [-0.2, -0.15) is 0 Å². The third-order valence-electron chi connectivity index (χ3n) is 3.60. The summed E-state index contributed by atoms with van der Waals surface area (Å²) in [6.45, 7) is 0. The Labute approximate surface area is 62.3 Å². The maximum absolute atomic E-state index is 2.51. The summed E-state index contributed by atoms with van der Waals surface area (Å²) in [5, 5.41) is 0. The van der Waals surface area contributed by atoms with Crippen molar-refractivity contribution in [2.24, 2.45) is 17.8 Å².